The van der Waals surface area contributed by atoms with E-state index >= 15 is 0 Å². The number of fused-ring (bicyclic) bond motifs is 1. The van der Waals surface area contributed by atoms with E-state index in [-0.39, 0.29) is 5.60 Å². The highest BCUT2D eigenvalue weighted by atomic mass is 79.9. The third-order valence-electron chi connectivity index (χ3n) is 4.78. The van der Waals surface area contributed by atoms with E-state index in [9.17, 15) is 5.11 Å². The van der Waals surface area contributed by atoms with Crippen LogP contribution in [0.5, 0.6) is 0 Å². The molecule has 1 aliphatic carbocycles. The Bertz CT molecular complexity index is 481. The minimum atomic E-state index is -0.372. The summed E-state index contributed by atoms with van der Waals surface area (Å²) in [6.45, 7) is 7.26. The highest BCUT2D eigenvalue weighted by Gasteiger charge is 2.36. The Morgan fingerprint density at radius 3 is 2.79 bits per heavy atom. The van der Waals surface area contributed by atoms with Crippen molar-refractivity contribution in [2.45, 2.75) is 57.7 Å². The van der Waals surface area contributed by atoms with E-state index in [4.69, 9.17) is 0 Å². The van der Waals surface area contributed by atoms with Crippen LogP contribution in [0.15, 0.2) is 4.60 Å². The molecule has 0 amide bonds. The fourth-order valence-corrected chi connectivity index (χ4v) is 3.63. The minimum Gasteiger partial charge on any atom is -0.390 e. The number of hydrogen-bond donors (Lipinski definition) is 1. The van der Waals surface area contributed by atoms with Gasteiger partial charge in [-0.05, 0) is 55.5 Å². The number of nitrogens with zero attached hydrogens (tertiary/aromatic N) is 3. The molecule has 1 atom stereocenters. The van der Waals surface area contributed by atoms with Crippen molar-refractivity contribution in [2.75, 3.05) is 13.1 Å². The molecule has 0 bridgehead atoms. The summed E-state index contributed by atoms with van der Waals surface area (Å²) in [6, 6.07) is 0.336. The van der Waals surface area contributed by atoms with Crippen LogP contribution in [-0.4, -0.2) is 38.2 Å². The fraction of sp³-hybridized carbons (Fsp3) is 0.786. The van der Waals surface area contributed by atoms with Gasteiger partial charge in [-0.25, -0.2) is 4.98 Å². The second-order valence-corrected chi connectivity index (χ2v) is 6.79. The molecule has 1 fully saturated rings. The van der Waals surface area contributed by atoms with E-state index in [1.54, 1.807) is 0 Å². The number of aliphatic hydroxyl groups is 1. The summed E-state index contributed by atoms with van der Waals surface area (Å²) < 4.78 is 3.39. The van der Waals surface area contributed by atoms with Gasteiger partial charge in [-0.1, -0.05) is 0 Å². The molecule has 2 heterocycles. The van der Waals surface area contributed by atoms with E-state index < -0.39 is 0 Å². The molecule has 19 heavy (non-hydrogen) atoms. The van der Waals surface area contributed by atoms with Crippen LogP contribution in [0.1, 0.15) is 50.2 Å². The van der Waals surface area contributed by atoms with Crippen molar-refractivity contribution >= 4 is 15.9 Å². The first-order valence-electron chi connectivity index (χ1n) is 7.19. The van der Waals surface area contributed by atoms with E-state index in [1.807, 2.05) is 6.92 Å². The van der Waals surface area contributed by atoms with Gasteiger partial charge in [0.15, 0.2) is 0 Å². The molecule has 1 aromatic rings. The normalized spacial score (nSPS) is 26.0. The average molecular weight is 328 g/mol. The Hall–Kier alpha value is -0.390. The molecule has 5 heteroatoms. The quantitative estimate of drug-likeness (QED) is 0.927. The Balaban J connectivity index is 1.69. The number of aromatic nitrogens is 2. The van der Waals surface area contributed by atoms with Gasteiger partial charge >= 0.3 is 0 Å². The van der Waals surface area contributed by atoms with Crippen molar-refractivity contribution < 1.29 is 5.11 Å². The maximum Gasteiger partial charge on any atom is 0.127 e. The van der Waals surface area contributed by atoms with Crippen molar-refractivity contribution in [3.63, 3.8) is 0 Å². The third-order valence-corrected chi connectivity index (χ3v) is 5.78. The van der Waals surface area contributed by atoms with Crippen molar-refractivity contribution in [1.29, 1.82) is 0 Å². The number of imidazole rings is 1. The second-order valence-electron chi connectivity index (χ2n) is 6.04. The van der Waals surface area contributed by atoms with E-state index in [0.29, 0.717) is 6.04 Å². The molecule has 0 spiro atoms. The molecule has 0 radical (unpaired) electrons. The Kier molecular flexibility index (Phi) is 3.48. The number of rotatable bonds is 3. The zero-order valence-corrected chi connectivity index (χ0v) is 13.3. The third kappa shape index (κ3) is 2.36. The van der Waals surface area contributed by atoms with Crippen LogP contribution in [-0.2, 0) is 6.54 Å². The topological polar surface area (TPSA) is 41.3 Å². The van der Waals surface area contributed by atoms with Crippen LogP contribution in [0.4, 0.5) is 0 Å². The molecular weight excluding hydrogens is 306 g/mol. The minimum absolute atomic E-state index is 0.336. The van der Waals surface area contributed by atoms with Crippen LogP contribution in [0.2, 0.25) is 0 Å². The van der Waals surface area contributed by atoms with Crippen LogP contribution in [0, 0.1) is 6.92 Å². The Morgan fingerprint density at radius 2 is 2.16 bits per heavy atom. The number of halogens is 1. The smallest absolute Gasteiger partial charge is 0.127 e. The summed E-state index contributed by atoms with van der Waals surface area (Å²) in [5.41, 5.74) is 0.699. The predicted octanol–water partition coefficient (Wildman–Crippen LogP) is 2.64. The van der Waals surface area contributed by atoms with Crippen LogP contribution >= 0.6 is 15.9 Å². The monoisotopic (exact) mass is 327 g/mol. The zero-order valence-electron chi connectivity index (χ0n) is 11.7. The first-order chi connectivity index (χ1) is 9.00. The highest BCUT2D eigenvalue weighted by molar-refractivity contribution is 9.10. The van der Waals surface area contributed by atoms with E-state index in [1.165, 1.54) is 6.42 Å². The lowest BCUT2D eigenvalue weighted by molar-refractivity contribution is -0.0497. The van der Waals surface area contributed by atoms with Crippen LogP contribution in [0.3, 0.4) is 0 Å². The first kappa shape index (κ1) is 13.6. The van der Waals surface area contributed by atoms with Crippen molar-refractivity contribution in [3.8, 4) is 0 Å². The molecule has 3 rings (SSSR count). The zero-order chi connectivity index (χ0) is 13.6. The van der Waals surface area contributed by atoms with Gasteiger partial charge in [-0.3, -0.25) is 4.90 Å². The van der Waals surface area contributed by atoms with E-state index in [0.717, 1.165) is 55.0 Å². The van der Waals surface area contributed by atoms with Crippen LogP contribution < -0.4 is 0 Å². The van der Waals surface area contributed by atoms with Gasteiger partial charge in [0, 0.05) is 19.6 Å². The molecule has 1 aromatic heterocycles. The molecule has 1 aliphatic heterocycles. The molecular formula is C14H22BrN3O. The van der Waals surface area contributed by atoms with Crippen molar-refractivity contribution in [1.82, 2.24) is 14.5 Å². The lowest BCUT2D eigenvalue weighted by atomic mass is 9.78. The SMILES string of the molecule is Cc1nc2n(c1Br)CCN(CCC1(O)CCC1)C2C. The van der Waals surface area contributed by atoms with Gasteiger partial charge in [0.05, 0.1) is 17.3 Å². The summed E-state index contributed by atoms with van der Waals surface area (Å²) in [4.78, 5) is 7.12. The summed E-state index contributed by atoms with van der Waals surface area (Å²) in [7, 11) is 0. The van der Waals surface area contributed by atoms with Crippen molar-refractivity contribution in [3.05, 3.63) is 16.1 Å². The molecule has 2 aliphatic rings. The van der Waals surface area contributed by atoms with E-state index in [2.05, 4.69) is 37.3 Å². The van der Waals surface area contributed by atoms with Gasteiger partial charge in [-0.2, -0.15) is 0 Å². The fourth-order valence-electron chi connectivity index (χ4n) is 3.18. The van der Waals surface area contributed by atoms with Gasteiger partial charge in [0.25, 0.3) is 0 Å². The lowest BCUT2D eigenvalue weighted by Gasteiger charge is -2.40. The molecule has 1 saturated carbocycles. The Labute approximate surface area is 122 Å². The maximum absolute atomic E-state index is 10.2. The first-order valence-corrected chi connectivity index (χ1v) is 7.98. The van der Waals surface area contributed by atoms with Crippen LogP contribution in [0.25, 0.3) is 0 Å². The Morgan fingerprint density at radius 1 is 1.42 bits per heavy atom. The molecule has 0 saturated heterocycles. The van der Waals surface area contributed by atoms with Gasteiger partial charge in [0.1, 0.15) is 10.4 Å². The maximum atomic E-state index is 10.2. The predicted molar refractivity (Wildman–Crippen MR) is 78.1 cm³/mol. The highest BCUT2D eigenvalue weighted by Crippen LogP contribution is 2.36. The average Bonchev–Trinajstić information content (AvgIpc) is 2.64. The van der Waals surface area contributed by atoms with Crippen molar-refractivity contribution in [2.24, 2.45) is 0 Å². The number of aryl methyl sites for hydroxylation is 1. The molecule has 106 valence electrons. The molecule has 1 N–H and O–H groups in total. The number of hydrogen-bond acceptors (Lipinski definition) is 3. The largest absolute Gasteiger partial charge is 0.390 e. The molecule has 1 unspecified atom stereocenters. The summed E-state index contributed by atoms with van der Waals surface area (Å²) in [6.07, 6.45) is 4.05. The van der Waals surface area contributed by atoms with Gasteiger partial charge in [-0.15, -0.1) is 0 Å². The van der Waals surface area contributed by atoms with Gasteiger partial charge in [0.2, 0.25) is 0 Å². The standard InChI is InChI=1S/C14H22BrN3O/c1-10-12(15)18-9-8-17(11(2)13(18)16-10)7-6-14(19)4-3-5-14/h11,19H,3-9H2,1-2H3. The van der Waals surface area contributed by atoms with Gasteiger partial charge < -0.3 is 9.67 Å². The summed E-state index contributed by atoms with van der Waals surface area (Å²) in [5, 5.41) is 10.2. The summed E-state index contributed by atoms with van der Waals surface area (Å²) in [5.74, 6) is 1.15. The second kappa shape index (κ2) is 4.86. The summed E-state index contributed by atoms with van der Waals surface area (Å²) >= 11 is 3.62. The molecule has 4 nitrogen and oxygen atoms in total. The molecule has 0 aromatic carbocycles. The lowest BCUT2D eigenvalue weighted by Crippen LogP contribution is -2.43.